The van der Waals surface area contributed by atoms with Crippen LogP contribution in [-0.4, -0.2) is 25.8 Å². The number of benzene rings is 2. The van der Waals surface area contributed by atoms with Gasteiger partial charge in [0.2, 0.25) is 11.9 Å². The summed E-state index contributed by atoms with van der Waals surface area (Å²) in [6, 6.07) is 11.0. The Morgan fingerprint density at radius 1 is 1.18 bits per heavy atom. The van der Waals surface area contributed by atoms with Gasteiger partial charge in [-0.25, -0.2) is 4.68 Å². The van der Waals surface area contributed by atoms with Crippen LogP contribution in [0.25, 0.3) is 11.4 Å². The van der Waals surface area contributed by atoms with Gasteiger partial charge in [0.05, 0.1) is 15.6 Å². The number of hydrogen-bond acceptors (Lipinski definition) is 5. The molecule has 4 rings (SSSR count). The van der Waals surface area contributed by atoms with Crippen molar-refractivity contribution in [2.24, 2.45) is 5.73 Å². The lowest BCUT2D eigenvalue weighted by atomic mass is 9.95. The second kappa shape index (κ2) is 6.85. The average molecular weight is 416 g/mol. The number of aromatic nitrogens is 3. The standard InChI is InChI=1S/C19H15Cl2N5O2/c1-9-15(17(22)28)16(11-4-7-13(20)14(21)8-11)26-19(23-9)24-18(25-26)10-2-5-12(27)6-3-10/h2-8,16,27H,1H3,(H2,22,28)(H,23,24,25). The molecule has 1 atom stereocenters. The van der Waals surface area contributed by atoms with Gasteiger partial charge in [0, 0.05) is 11.3 Å². The molecule has 142 valence electrons. The summed E-state index contributed by atoms with van der Waals surface area (Å²) in [5.41, 5.74) is 8.02. The van der Waals surface area contributed by atoms with E-state index >= 15 is 0 Å². The average Bonchev–Trinajstić information content (AvgIpc) is 3.06. The highest BCUT2D eigenvalue weighted by Gasteiger charge is 2.33. The minimum atomic E-state index is -0.609. The molecule has 1 unspecified atom stereocenters. The first kappa shape index (κ1) is 18.3. The molecule has 1 aliphatic heterocycles. The molecule has 0 aliphatic carbocycles. The Balaban J connectivity index is 1.88. The molecule has 2 aromatic carbocycles. The second-order valence-corrected chi connectivity index (χ2v) is 7.17. The Morgan fingerprint density at radius 2 is 1.89 bits per heavy atom. The van der Waals surface area contributed by atoms with Crippen molar-refractivity contribution < 1.29 is 9.90 Å². The van der Waals surface area contributed by atoms with Crippen molar-refractivity contribution in [3.63, 3.8) is 0 Å². The molecule has 0 bridgehead atoms. The fourth-order valence-corrected chi connectivity index (χ4v) is 3.50. The van der Waals surface area contributed by atoms with Crippen molar-refractivity contribution in [3.05, 3.63) is 69.3 Å². The van der Waals surface area contributed by atoms with Crippen LogP contribution < -0.4 is 11.1 Å². The highest BCUT2D eigenvalue weighted by molar-refractivity contribution is 6.42. The number of fused-ring (bicyclic) bond motifs is 1. The molecule has 28 heavy (non-hydrogen) atoms. The van der Waals surface area contributed by atoms with Crippen molar-refractivity contribution in [3.8, 4) is 17.1 Å². The van der Waals surface area contributed by atoms with Crippen LogP contribution in [0.1, 0.15) is 18.5 Å². The predicted octanol–water partition coefficient (Wildman–Crippen LogP) is 3.73. The Morgan fingerprint density at radius 3 is 2.54 bits per heavy atom. The molecule has 9 heteroatoms. The number of aromatic hydroxyl groups is 1. The van der Waals surface area contributed by atoms with E-state index in [9.17, 15) is 9.90 Å². The number of anilines is 1. The van der Waals surface area contributed by atoms with Crippen molar-refractivity contribution in [2.75, 3.05) is 5.32 Å². The SMILES string of the molecule is CC1=C(C(N)=O)C(c2ccc(Cl)c(Cl)c2)n2nc(-c3ccc(O)cc3)nc2N1. The Hall–Kier alpha value is -3.03. The van der Waals surface area contributed by atoms with Gasteiger partial charge in [-0.15, -0.1) is 5.10 Å². The third kappa shape index (κ3) is 3.08. The molecule has 3 aromatic rings. The summed E-state index contributed by atoms with van der Waals surface area (Å²) < 4.78 is 1.59. The van der Waals surface area contributed by atoms with Gasteiger partial charge in [0.1, 0.15) is 11.8 Å². The van der Waals surface area contributed by atoms with E-state index in [1.807, 2.05) is 0 Å². The lowest BCUT2D eigenvalue weighted by Crippen LogP contribution is -2.31. The zero-order chi connectivity index (χ0) is 20.0. The van der Waals surface area contributed by atoms with E-state index in [0.29, 0.717) is 44.2 Å². The zero-order valence-electron chi connectivity index (χ0n) is 14.6. The molecule has 4 N–H and O–H groups in total. The minimum Gasteiger partial charge on any atom is -0.508 e. The zero-order valence-corrected chi connectivity index (χ0v) is 16.2. The summed E-state index contributed by atoms with van der Waals surface area (Å²) in [5.74, 6) is 0.467. The van der Waals surface area contributed by atoms with Gasteiger partial charge in [0.25, 0.3) is 0 Å². The number of nitrogens with one attached hydrogen (secondary N) is 1. The van der Waals surface area contributed by atoms with Crippen LogP contribution in [0.2, 0.25) is 10.0 Å². The van der Waals surface area contributed by atoms with Gasteiger partial charge in [0.15, 0.2) is 5.82 Å². The minimum absolute atomic E-state index is 0.146. The van der Waals surface area contributed by atoms with Crippen molar-refractivity contribution in [1.29, 1.82) is 0 Å². The summed E-state index contributed by atoms with van der Waals surface area (Å²) in [5, 5.41) is 17.9. The summed E-state index contributed by atoms with van der Waals surface area (Å²) in [4.78, 5) is 16.7. The smallest absolute Gasteiger partial charge is 0.248 e. The predicted molar refractivity (Wildman–Crippen MR) is 107 cm³/mol. The molecule has 7 nitrogen and oxygen atoms in total. The molecule has 0 radical (unpaired) electrons. The van der Waals surface area contributed by atoms with Crippen molar-refractivity contribution in [2.45, 2.75) is 13.0 Å². The van der Waals surface area contributed by atoms with Gasteiger partial charge < -0.3 is 16.2 Å². The number of allylic oxidation sites excluding steroid dienone is 1. The van der Waals surface area contributed by atoms with Gasteiger partial charge in [-0.3, -0.25) is 4.79 Å². The number of carbonyl (C=O) groups is 1. The number of carbonyl (C=O) groups excluding carboxylic acids is 1. The van der Waals surface area contributed by atoms with Gasteiger partial charge in [-0.1, -0.05) is 29.3 Å². The maximum absolute atomic E-state index is 12.2. The normalized spacial score (nSPS) is 15.9. The lowest BCUT2D eigenvalue weighted by molar-refractivity contribution is -0.115. The summed E-state index contributed by atoms with van der Waals surface area (Å²) in [6.45, 7) is 1.75. The van der Waals surface area contributed by atoms with E-state index in [1.54, 1.807) is 54.1 Å². The topological polar surface area (TPSA) is 106 Å². The van der Waals surface area contributed by atoms with Crippen LogP contribution in [0.15, 0.2) is 53.7 Å². The fraction of sp³-hybridized carbons (Fsp3) is 0.105. The van der Waals surface area contributed by atoms with Crippen LogP contribution in [0, 0.1) is 0 Å². The van der Waals surface area contributed by atoms with Crippen molar-refractivity contribution >= 4 is 35.1 Å². The molecule has 2 heterocycles. The fourth-order valence-electron chi connectivity index (χ4n) is 3.19. The van der Waals surface area contributed by atoms with Gasteiger partial charge in [-0.05, 0) is 48.9 Å². The third-order valence-electron chi connectivity index (χ3n) is 4.50. The Kier molecular flexibility index (Phi) is 4.49. The number of amides is 1. The monoisotopic (exact) mass is 415 g/mol. The largest absolute Gasteiger partial charge is 0.508 e. The summed E-state index contributed by atoms with van der Waals surface area (Å²) >= 11 is 12.2. The van der Waals surface area contributed by atoms with E-state index in [2.05, 4.69) is 15.4 Å². The van der Waals surface area contributed by atoms with E-state index in [1.165, 1.54) is 0 Å². The first-order valence-electron chi connectivity index (χ1n) is 8.33. The van der Waals surface area contributed by atoms with Crippen LogP contribution in [0.3, 0.4) is 0 Å². The molecule has 0 spiro atoms. The number of halogens is 2. The third-order valence-corrected chi connectivity index (χ3v) is 5.24. The number of hydrogen-bond donors (Lipinski definition) is 3. The van der Waals surface area contributed by atoms with E-state index < -0.39 is 11.9 Å². The van der Waals surface area contributed by atoms with Crippen LogP contribution in [0.4, 0.5) is 5.95 Å². The highest BCUT2D eigenvalue weighted by atomic mass is 35.5. The molecular formula is C19H15Cl2N5O2. The second-order valence-electron chi connectivity index (χ2n) is 6.35. The van der Waals surface area contributed by atoms with Crippen LogP contribution >= 0.6 is 23.2 Å². The molecule has 0 saturated carbocycles. The Labute approximate surface area is 170 Å². The molecule has 0 fully saturated rings. The van der Waals surface area contributed by atoms with E-state index in [4.69, 9.17) is 28.9 Å². The number of nitrogens with zero attached hydrogens (tertiary/aromatic N) is 3. The van der Waals surface area contributed by atoms with Gasteiger partial charge in [-0.2, -0.15) is 4.98 Å². The molecule has 1 aromatic heterocycles. The number of nitrogens with two attached hydrogens (primary N) is 1. The maximum atomic E-state index is 12.2. The summed E-state index contributed by atoms with van der Waals surface area (Å²) in [7, 11) is 0. The first-order chi connectivity index (χ1) is 13.3. The van der Waals surface area contributed by atoms with Gasteiger partial charge >= 0.3 is 0 Å². The van der Waals surface area contributed by atoms with Crippen LogP contribution in [0.5, 0.6) is 5.75 Å². The van der Waals surface area contributed by atoms with Crippen LogP contribution in [-0.2, 0) is 4.79 Å². The lowest BCUT2D eigenvalue weighted by Gasteiger charge is -2.27. The summed E-state index contributed by atoms with van der Waals surface area (Å²) in [6.07, 6.45) is 0. The molecular weight excluding hydrogens is 401 g/mol. The number of phenolic OH excluding ortho intramolecular Hbond substituents is 1. The molecule has 1 aliphatic rings. The number of primary amides is 1. The van der Waals surface area contributed by atoms with E-state index in [0.717, 1.165) is 0 Å². The Bertz CT molecular complexity index is 1120. The van der Waals surface area contributed by atoms with Crippen molar-refractivity contribution in [1.82, 2.24) is 14.8 Å². The number of rotatable bonds is 3. The first-order valence-corrected chi connectivity index (χ1v) is 9.09. The maximum Gasteiger partial charge on any atom is 0.248 e. The molecule has 0 saturated heterocycles. The highest BCUT2D eigenvalue weighted by Crippen LogP contribution is 2.38. The van der Waals surface area contributed by atoms with E-state index in [-0.39, 0.29) is 5.75 Å². The number of phenols is 1. The molecule has 1 amide bonds. The quantitative estimate of drug-likeness (QED) is 0.603.